The lowest BCUT2D eigenvalue weighted by Crippen LogP contribution is -2.06. The minimum absolute atomic E-state index is 0.0693. The first kappa shape index (κ1) is 13.8. The molecular weight excluding hydrogens is 290 g/mol. The Morgan fingerprint density at radius 1 is 1.29 bits per heavy atom. The van der Waals surface area contributed by atoms with Crippen molar-refractivity contribution < 1.29 is 9.47 Å². The quantitative estimate of drug-likeness (QED) is 0.689. The van der Waals surface area contributed by atoms with Gasteiger partial charge in [0.25, 0.3) is 5.88 Å². The van der Waals surface area contributed by atoms with Crippen molar-refractivity contribution in [3.63, 3.8) is 0 Å². The molecule has 108 valence electrons. The molecule has 1 aromatic heterocycles. The Labute approximate surface area is 127 Å². The Hall–Kier alpha value is -2.14. The molecule has 0 amide bonds. The summed E-state index contributed by atoms with van der Waals surface area (Å²) in [6.07, 6.45) is 2.45. The fourth-order valence-electron chi connectivity index (χ4n) is 2.07. The number of nitrogens with one attached hydrogen (secondary N) is 1. The van der Waals surface area contributed by atoms with Crippen molar-refractivity contribution >= 4 is 17.5 Å². The molecule has 1 aliphatic carbocycles. The maximum Gasteiger partial charge on any atom is 0.251 e. The summed E-state index contributed by atoms with van der Waals surface area (Å²) in [4.78, 5) is 0. The van der Waals surface area contributed by atoms with Crippen molar-refractivity contribution in [1.82, 2.24) is 10.2 Å². The highest BCUT2D eigenvalue weighted by Crippen LogP contribution is 2.41. The van der Waals surface area contributed by atoms with Gasteiger partial charge < -0.3 is 9.47 Å². The lowest BCUT2D eigenvalue weighted by molar-refractivity contribution is 0.394. The second-order valence-corrected chi connectivity index (χ2v) is 5.26. The van der Waals surface area contributed by atoms with Crippen molar-refractivity contribution in [3.8, 4) is 11.6 Å². The molecule has 0 bridgehead atoms. The number of aromatic nitrogens is 2. The monoisotopic (exact) mass is 303 g/mol. The standard InChI is InChI=1S/C15H14ClN3O2/c1-20-14(17)12-8-13(16)18-19-15(12)21-11-4-2-3-10(7-11)9-5-6-9/h2-4,7-9,17H,5-6H2,1H3. The van der Waals surface area contributed by atoms with E-state index in [-0.39, 0.29) is 16.9 Å². The first-order chi connectivity index (χ1) is 10.2. The third-order valence-electron chi connectivity index (χ3n) is 3.30. The van der Waals surface area contributed by atoms with Crippen LogP contribution < -0.4 is 4.74 Å². The van der Waals surface area contributed by atoms with E-state index in [1.165, 1.54) is 31.6 Å². The van der Waals surface area contributed by atoms with E-state index in [2.05, 4.69) is 16.3 Å². The van der Waals surface area contributed by atoms with E-state index in [0.29, 0.717) is 17.2 Å². The third-order valence-corrected chi connectivity index (χ3v) is 3.49. The summed E-state index contributed by atoms with van der Waals surface area (Å²) < 4.78 is 10.7. The van der Waals surface area contributed by atoms with Gasteiger partial charge >= 0.3 is 0 Å². The molecule has 1 fully saturated rings. The molecule has 6 heteroatoms. The van der Waals surface area contributed by atoms with Crippen LogP contribution in [0.25, 0.3) is 0 Å². The van der Waals surface area contributed by atoms with Crippen molar-refractivity contribution in [1.29, 1.82) is 5.41 Å². The molecule has 5 nitrogen and oxygen atoms in total. The number of benzene rings is 1. The Bertz CT molecular complexity index is 686. The van der Waals surface area contributed by atoms with Gasteiger partial charge in [-0.2, -0.15) is 0 Å². The second kappa shape index (κ2) is 5.69. The van der Waals surface area contributed by atoms with Gasteiger partial charge in [0.2, 0.25) is 5.90 Å². The lowest BCUT2D eigenvalue weighted by atomic mass is 10.1. The molecule has 0 atom stereocenters. The van der Waals surface area contributed by atoms with Gasteiger partial charge in [0.05, 0.1) is 7.11 Å². The van der Waals surface area contributed by atoms with Crippen LogP contribution >= 0.6 is 11.6 Å². The number of hydrogen-bond acceptors (Lipinski definition) is 5. The Morgan fingerprint density at radius 3 is 2.81 bits per heavy atom. The first-order valence-corrected chi connectivity index (χ1v) is 6.99. The van der Waals surface area contributed by atoms with Crippen LogP contribution in [0.3, 0.4) is 0 Å². The summed E-state index contributed by atoms with van der Waals surface area (Å²) in [5.74, 6) is 1.45. The minimum Gasteiger partial charge on any atom is -0.481 e. The van der Waals surface area contributed by atoms with Crippen LogP contribution in [-0.2, 0) is 4.74 Å². The number of ether oxygens (including phenoxy) is 2. The molecule has 1 aliphatic rings. The second-order valence-electron chi connectivity index (χ2n) is 4.87. The molecule has 0 aliphatic heterocycles. The third kappa shape index (κ3) is 3.13. The highest BCUT2D eigenvalue weighted by Gasteiger charge is 2.24. The van der Waals surface area contributed by atoms with Crippen LogP contribution in [0.1, 0.15) is 29.9 Å². The summed E-state index contributed by atoms with van der Waals surface area (Å²) in [5.41, 5.74) is 1.63. The summed E-state index contributed by atoms with van der Waals surface area (Å²) in [6.45, 7) is 0. The first-order valence-electron chi connectivity index (χ1n) is 6.61. The van der Waals surface area contributed by atoms with Crippen LogP contribution in [0.5, 0.6) is 11.6 Å². The molecule has 0 unspecified atom stereocenters. The van der Waals surface area contributed by atoms with Gasteiger partial charge in [-0.15, -0.1) is 10.2 Å². The molecule has 1 aromatic carbocycles. The van der Waals surface area contributed by atoms with E-state index in [1.807, 2.05) is 18.2 Å². The van der Waals surface area contributed by atoms with Gasteiger partial charge in [0.15, 0.2) is 5.15 Å². The minimum atomic E-state index is -0.0693. The molecule has 3 rings (SSSR count). The molecule has 0 saturated heterocycles. The maximum atomic E-state index is 7.77. The SMILES string of the molecule is COC(=N)c1cc(Cl)nnc1Oc1cccc(C2CC2)c1. The smallest absolute Gasteiger partial charge is 0.251 e. The fourth-order valence-corrected chi connectivity index (χ4v) is 2.21. The largest absolute Gasteiger partial charge is 0.481 e. The zero-order valence-corrected chi connectivity index (χ0v) is 12.2. The maximum absolute atomic E-state index is 7.77. The summed E-state index contributed by atoms with van der Waals surface area (Å²) in [7, 11) is 1.41. The highest BCUT2D eigenvalue weighted by atomic mass is 35.5. The van der Waals surface area contributed by atoms with Crippen LogP contribution in [-0.4, -0.2) is 23.2 Å². The zero-order chi connectivity index (χ0) is 14.8. The van der Waals surface area contributed by atoms with E-state index in [1.54, 1.807) is 0 Å². The van der Waals surface area contributed by atoms with Crippen molar-refractivity contribution in [2.24, 2.45) is 0 Å². The molecule has 2 aromatic rings. The predicted octanol–water partition coefficient (Wildman–Crippen LogP) is 3.77. The highest BCUT2D eigenvalue weighted by molar-refractivity contribution is 6.29. The molecule has 21 heavy (non-hydrogen) atoms. The summed E-state index contributed by atoms with van der Waals surface area (Å²) in [5, 5.41) is 15.6. The topological polar surface area (TPSA) is 68.1 Å². The predicted molar refractivity (Wildman–Crippen MR) is 79.4 cm³/mol. The van der Waals surface area contributed by atoms with Gasteiger partial charge in [-0.3, -0.25) is 5.41 Å². The van der Waals surface area contributed by atoms with Crippen molar-refractivity contribution in [2.75, 3.05) is 7.11 Å². The molecular formula is C15H14ClN3O2. The molecule has 0 radical (unpaired) electrons. The Morgan fingerprint density at radius 2 is 2.10 bits per heavy atom. The lowest BCUT2D eigenvalue weighted by Gasteiger charge is -2.10. The number of methoxy groups -OCH3 is 1. The molecule has 0 spiro atoms. The van der Waals surface area contributed by atoms with Crippen LogP contribution in [0, 0.1) is 5.41 Å². The van der Waals surface area contributed by atoms with E-state index < -0.39 is 0 Å². The summed E-state index contributed by atoms with van der Waals surface area (Å²) >= 11 is 5.81. The number of nitrogens with zero attached hydrogens (tertiary/aromatic N) is 2. The Kier molecular flexibility index (Phi) is 3.75. The van der Waals surface area contributed by atoms with Crippen molar-refractivity contribution in [2.45, 2.75) is 18.8 Å². The molecule has 1 saturated carbocycles. The molecule has 1 N–H and O–H groups in total. The number of rotatable bonds is 4. The van der Waals surface area contributed by atoms with Gasteiger partial charge in [-0.05, 0) is 42.5 Å². The van der Waals surface area contributed by atoms with E-state index in [9.17, 15) is 0 Å². The number of hydrogen-bond donors (Lipinski definition) is 1. The van der Waals surface area contributed by atoms with E-state index >= 15 is 0 Å². The van der Waals surface area contributed by atoms with E-state index in [4.69, 9.17) is 26.5 Å². The summed E-state index contributed by atoms with van der Waals surface area (Å²) in [6, 6.07) is 9.39. The zero-order valence-electron chi connectivity index (χ0n) is 11.5. The van der Waals surface area contributed by atoms with Gasteiger partial charge in [-0.1, -0.05) is 23.7 Å². The van der Waals surface area contributed by atoms with Crippen molar-refractivity contribution in [3.05, 3.63) is 46.6 Å². The van der Waals surface area contributed by atoms with Crippen LogP contribution in [0.4, 0.5) is 0 Å². The van der Waals surface area contributed by atoms with Gasteiger partial charge in [0.1, 0.15) is 11.3 Å². The average molecular weight is 304 g/mol. The number of halogens is 1. The van der Waals surface area contributed by atoms with Gasteiger partial charge in [-0.25, -0.2) is 0 Å². The average Bonchev–Trinajstić information content (AvgIpc) is 3.33. The normalized spacial score (nSPS) is 13.8. The van der Waals surface area contributed by atoms with E-state index in [0.717, 1.165) is 0 Å². The fraction of sp³-hybridized carbons (Fsp3) is 0.267. The van der Waals surface area contributed by atoms with Gasteiger partial charge in [0, 0.05) is 0 Å². The van der Waals surface area contributed by atoms with Crippen LogP contribution in [0.2, 0.25) is 5.15 Å². The molecule has 1 heterocycles. The Balaban J connectivity index is 1.90. The van der Waals surface area contributed by atoms with Crippen LogP contribution in [0.15, 0.2) is 30.3 Å².